The highest BCUT2D eigenvalue weighted by molar-refractivity contribution is 5.79. The van der Waals surface area contributed by atoms with Crippen LogP contribution in [0, 0.1) is 11.8 Å². The van der Waals surface area contributed by atoms with Crippen LogP contribution in [0.1, 0.15) is 69.1 Å². The van der Waals surface area contributed by atoms with Crippen molar-refractivity contribution in [1.82, 2.24) is 15.5 Å². The second-order valence-corrected chi connectivity index (χ2v) is 12.0. The normalized spacial score (nSPS) is 27.6. The highest BCUT2D eigenvalue weighted by Gasteiger charge is 2.50. The van der Waals surface area contributed by atoms with E-state index in [1.54, 1.807) is 0 Å². The third-order valence-electron chi connectivity index (χ3n) is 8.60. The minimum absolute atomic E-state index is 0.0492. The van der Waals surface area contributed by atoms with E-state index in [1.807, 2.05) is 30.2 Å². The van der Waals surface area contributed by atoms with Gasteiger partial charge in [-0.05, 0) is 80.4 Å². The number of nitrogens with one attached hydrogen (secondary N) is 2. The van der Waals surface area contributed by atoms with E-state index >= 15 is 0 Å². The smallest absolute Gasteiger partial charge is 0.237 e. The van der Waals surface area contributed by atoms with Crippen molar-refractivity contribution in [3.8, 4) is 0 Å². The van der Waals surface area contributed by atoms with Crippen molar-refractivity contribution in [3.63, 3.8) is 0 Å². The quantitative estimate of drug-likeness (QED) is 0.367. The molecule has 206 valence electrons. The van der Waals surface area contributed by atoms with Crippen molar-refractivity contribution in [1.29, 1.82) is 0 Å². The van der Waals surface area contributed by atoms with Crippen LogP contribution in [-0.4, -0.2) is 48.6 Å². The van der Waals surface area contributed by atoms with Gasteiger partial charge in [-0.1, -0.05) is 61.5 Å². The molecule has 3 aliphatic rings. The van der Waals surface area contributed by atoms with E-state index in [0.29, 0.717) is 18.4 Å². The Morgan fingerprint density at radius 1 is 1.05 bits per heavy atom. The van der Waals surface area contributed by atoms with Crippen molar-refractivity contribution in [2.24, 2.45) is 11.8 Å². The van der Waals surface area contributed by atoms with Gasteiger partial charge in [-0.15, -0.1) is 0 Å². The molecule has 38 heavy (non-hydrogen) atoms. The summed E-state index contributed by atoms with van der Waals surface area (Å²) in [6.45, 7) is 7.30. The number of methoxy groups -OCH3 is 1. The molecular formula is C32H45N3O3. The summed E-state index contributed by atoms with van der Waals surface area (Å²) in [4.78, 5) is 24.7. The molecule has 1 aliphatic heterocycles. The van der Waals surface area contributed by atoms with E-state index in [-0.39, 0.29) is 17.0 Å². The summed E-state index contributed by atoms with van der Waals surface area (Å²) >= 11 is 0. The number of rotatable bonds is 9. The summed E-state index contributed by atoms with van der Waals surface area (Å²) in [5, 5.41) is 6.36. The van der Waals surface area contributed by atoms with E-state index in [0.717, 1.165) is 58.1 Å². The van der Waals surface area contributed by atoms with Gasteiger partial charge in [-0.3, -0.25) is 9.59 Å². The second kappa shape index (κ2) is 12.9. The molecule has 2 N–H and O–H groups in total. The summed E-state index contributed by atoms with van der Waals surface area (Å²) in [6, 6.07) is 18.6. The van der Waals surface area contributed by atoms with E-state index in [1.165, 1.54) is 29.5 Å². The molecular weight excluding hydrogens is 474 g/mol. The van der Waals surface area contributed by atoms with Crippen LogP contribution >= 0.6 is 0 Å². The fraction of sp³-hybridized carbons (Fsp3) is 0.562. The molecule has 6 nitrogen and oxygen atoms in total. The summed E-state index contributed by atoms with van der Waals surface area (Å²) in [5.41, 5.74) is 3.88. The molecule has 2 aromatic rings. The van der Waals surface area contributed by atoms with Crippen molar-refractivity contribution in [2.75, 3.05) is 20.2 Å². The molecule has 1 heterocycles. The maximum absolute atomic E-state index is 12.9. The second-order valence-electron chi connectivity index (χ2n) is 12.0. The van der Waals surface area contributed by atoms with Crippen molar-refractivity contribution in [3.05, 3.63) is 71.3 Å². The van der Waals surface area contributed by atoms with Gasteiger partial charge < -0.3 is 20.3 Å². The molecule has 2 aliphatic carbocycles. The predicted octanol–water partition coefficient (Wildman–Crippen LogP) is 4.86. The summed E-state index contributed by atoms with van der Waals surface area (Å²) < 4.78 is 5.89. The number of hydrogen-bond acceptors (Lipinski definition) is 4. The van der Waals surface area contributed by atoms with Gasteiger partial charge in [0.1, 0.15) is 0 Å². The van der Waals surface area contributed by atoms with Crippen LogP contribution in [0.15, 0.2) is 54.6 Å². The summed E-state index contributed by atoms with van der Waals surface area (Å²) in [7, 11) is 1.84. The third kappa shape index (κ3) is 7.45. The summed E-state index contributed by atoms with van der Waals surface area (Å²) in [5.74, 6) is 1.64. The Labute approximate surface area is 228 Å². The highest BCUT2D eigenvalue weighted by atomic mass is 16.5. The van der Waals surface area contributed by atoms with Crippen molar-refractivity contribution < 1.29 is 14.3 Å². The molecule has 0 saturated heterocycles. The van der Waals surface area contributed by atoms with Gasteiger partial charge in [0.2, 0.25) is 12.3 Å². The molecule has 4 atom stereocenters. The molecule has 4 unspecified atom stereocenters. The van der Waals surface area contributed by atoms with E-state index < -0.39 is 0 Å². The zero-order valence-electron chi connectivity index (χ0n) is 23.4. The Hall–Kier alpha value is -2.70. The lowest BCUT2D eigenvalue weighted by molar-refractivity contribution is -0.133. The van der Waals surface area contributed by atoms with Crippen LogP contribution in [0.2, 0.25) is 0 Å². The number of nitrogens with zero attached hydrogens (tertiary/aromatic N) is 1. The number of benzene rings is 2. The first-order valence-corrected chi connectivity index (χ1v) is 14.2. The molecule has 2 fully saturated rings. The van der Waals surface area contributed by atoms with E-state index in [4.69, 9.17) is 4.74 Å². The Kier molecular flexibility index (Phi) is 9.61. The SMILES string of the molecule is COC1(C)CC2CC(C)CC(NCC(=O)N3Cc4ccccc4C3)(C2)C1.O=CNCCCc1ccccc1. The maximum Gasteiger partial charge on any atom is 0.237 e. The number of amides is 2. The first kappa shape index (κ1) is 28.3. The fourth-order valence-electron chi connectivity index (χ4n) is 7.08. The summed E-state index contributed by atoms with van der Waals surface area (Å²) in [6.07, 6.45) is 8.55. The molecule has 5 rings (SSSR count). The third-order valence-corrected chi connectivity index (χ3v) is 8.60. The molecule has 2 amide bonds. The number of hydrogen-bond donors (Lipinski definition) is 2. The lowest BCUT2D eigenvalue weighted by Crippen LogP contribution is -2.60. The Bertz CT molecular complexity index is 1030. The lowest BCUT2D eigenvalue weighted by atomic mass is 9.59. The first-order valence-electron chi connectivity index (χ1n) is 14.2. The maximum atomic E-state index is 12.9. The number of ether oxygens (including phenoxy) is 1. The number of carbonyl (C=O) groups excluding carboxylic acids is 2. The van der Waals surface area contributed by atoms with Crippen LogP contribution in [0.25, 0.3) is 0 Å². The minimum atomic E-state index is -0.0665. The first-order chi connectivity index (χ1) is 18.3. The van der Waals surface area contributed by atoms with E-state index in [2.05, 4.69) is 60.9 Å². The standard InChI is InChI=1S/C22H32N2O2.C10H13NO/c1-16-8-17-10-21(2,26-3)15-22(9-16,11-17)23-12-20(25)24-13-18-6-4-5-7-19(18)14-24;12-9-11-8-4-7-10-5-2-1-3-6-10/h4-7,16-17,23H,8-15H2,1-3H3;1-3,5-6,9H,4,7-8H2,(H,11,12). The van der Waals surface area contributed by atoms with Gasteiger partial charge in [0, 0.05) is 32.3 Å². The molecule has 0 aromatic heterocycles. The van der Waals surface area contributed by atoms with Crippen LogP contribution in [-0.2, 0) is 33.8 Å². The average molecular weight is 520 g/mol. The molecule has 2 aromatic carbocycles. The zero-order valence-corrected chi connectivity index (χ0v) is 23.4. The lowest BCUT2D eigenvalue weighted by Gasteiger charge is -2.54. The van der Waals surface area contributed by atoms with Gasteiger partial charge in [-0.2, -0.15) is 0 Å². The molecule has 2 saturated carbocycles. The van der Waals surface area contributed by atoms with E-state index in [9.17, 15) is 9.59 Å². The number of fused-ring (bicyclic) bond motifs is 3. The zero-order chi connectivity index (χ0) is 27.0. The number of carbonyl (C=O) groups is 2. The fourth-order valence-corrected chi connectivity index (χ4v) is 7.08. The van der Waals surface area contributed by atoms with Crippen LogP contribution in [0.5, 0.6) is 0 Å². The van der Waals surface area contributed by atoms with Gasteiger partial charge in [0.05, 0.1) is 12.1 Å². The topological polar surface area (TPSA) is 70.7 Å². The van der Waals surface area contributed by atoms with Gasteiger partial charge >= 0.3 is 0 Å². The van der Waals surface area contributed by atoms with Crippen LogP contribution < -0.4 is 10.6 Å². The Morgan fingerprint density at radius 3 is 2.39 bits per heavy atom. The van der Waals surface area contributed by atoms with Crippen molar-refractivity contribution >= 4 is 12.3 Å². The van der Waals surface area contributed by atoms with Gasteiger partial charge in [0.25, 0.3) is 0 Å². The Balaban J connectivity index is 0.000000236. The monoisotopic (exact) mass is 519 g/mol. The number of aryl methyl sites for hydroxylation is 1. The van der Waals surface area contributed by atoms with Gasteiger partial charge in [0.15, 0.2) is 0 Å². The molecule has 6 heteroatoms. The van der Waals surface area contributed by atoms with Crippen molar-refractivity contribution in [2.45, 2.75) is 83.0 Å². The van der Waals surface area contributed by atoms with Crippen LogP contribution in [0.4, 0.5) is 0 Å². The average Bonchev–Trinajstić information content (AvgIpc) is 3.35. The Morgan fingerprint density at radius 2 is 1.74 bits per heavy atom. The largest absolute Gasteiger partial charge is 0.378 e. The minimum Gasteiger partial charge on any atom is -0.378 e. The molecule has 0 spiro atoms. The van der Waals surface area contributed by atoms with Gasteiger partial charge in [-0.25, -0.2) is 0 Å². The molecule has 0 radical (unpaired) electrons. The molecule has 2 bridgehead atoms. The predicted molar refractivity (Wildman–Crippen MR) is 151 cm³/mol. The highest BCUT2D eigenvalue weighted by Crippen LogP contribution is 2.49. The van der Waals surface area contributed by atoms with Crippen LogP contribution in [0.3, 0.4) is 0 Å².